The van der Waals surface area contributed by atoms with Gasteiger partial charge in [-0.05, 0) is 69.7 Å². The Kier molecular flexibility index (Phi) is 5.98. The third-order valence-electron chi connectivity index (χ3n) is 8.44. The molecular weight excluding hydrogens is 513 g/mol. The van der Waals surface area contributed by atoms with Gasteiger partial charge in [-0.15, -0.1) is 0 Å². The number of esters is 1. The highest BCUT2D eigenvalue weighted by Crippen LogP contribution is 2.46. The summed E-state index contributed by atoms with van der Waals surface area (Å²) in [4.78, 5) is 31.2. The zero-order valence-electron chi connectivity index (χ0n) is 23.5. The monoisotopic (exact) mass is 547 g/mol. The minimum absolute atomic E-state index is 0.0591. The number of nitrogens with one attached hydrogen (secondary N) is 1. The standard InChI is InChI=1S/C31H34FN3O5/c1-7-31(38)20-10-24-27-18(12-35(24)28(36)19(20)14-39-29(31)37)26-22(33-15(2)13-40-30(4,5)6)9-8-17-16(3)21(32)11-23(34-27)25(17)26/h10-11,22,33,38H,2,7-9,12-14H2,1,3-6H3/t22-,31-/m0/s1. The highest BCUT2D eigenvalue weighted by atomic mass is 19.1. The molecule has 0 amide bonds. The Bertz CT molecular complexity index is 1690. The molecule has 3 aromatic rings. The van der Waals surface area contributed by atoms with Crippen LogP contribution in [0.2, 0.25) is 0 Å². The van der Waals surface area contributed by atoms with E-state index in [1.807, 2.05) is 20.8 Å². The summed E-state index contributed by atoms with van der Waals surface area (Å²) in [6.45, 7) is 14.0. The summed E-state index contributed by atoms with van der Waals surface area (Å²) < 4.78 is 27.8. The normalized spacial score (nSPS) is 21.1. The third kappa shape index (κ3) is 3.89. The molecule has 0 radical (unpaired) electrons. The number of nitrogens with zero attached hydrogens (tertiary/aromatic N) is 2. The van der Waals surface area contributed by atoms with Crippen LogP contribution in [0.15, 0.2) is 29.2 Å². The average molecular weight is 548 g/mol. The third-order valence-corrected chi connectivity index (χ3v) is 8.44. The Labute approximate surface area is 231 Å². The molecule has 2 N–H and O–H groups in total. The first kappa shape index (κ1) is 26.7. The molecule has 8 nitrogen and oxygen atoms in total. The molecule has 40 heavy (non-hydrogen) atoms. The Morgan fingerprint density at radius 2 is 2.05 bits per heavy atom. The van der Waals surface area contributed by atoms with E-state index in [1.54, 1.807) is 24.5 Å². The number of fused-ring (bicyclic) bond motifs is 5. The predicted octanol–water partition coefficient (Wildman–Crippen LogP) is 4.43. The molecule has 210 valence electrons. The smallest absolute Gasteiger partial charge is 0.343 e. The van der Waals surface area contributed by atoms with Gasteiger partial charge in [0.1, 0.15) is 12.4 Å². The maximum Gasteiger partial charge on any atom is 0.343 e. The average Bonchev–Trinajstić information content (AvgIpc) is 3.27. The number of rotatable bonds is 5. The van der Waals surface area contributed by atoms with Gasteiger partial charge in [0, 0.05) is 28.3 Å². The number of hydrogen-bond acceptors (Lipinski definition) is 7. The molecule has 0 saturated heterocycles. The Morgan fingerprint density at radius 3 is 2.75 bits per heavy atom. The van der Waals surface area contributed by atoms with Crippen LogP contribution >= 0.6 is 0 Å². The van der Waals surface area contributed by atoms with E-state index < -0.39 is 11.6 Å². The molecule has 9 heteroatoms. The van der Waals surface area contributed by atoms with Crippen molar-refractivity contribution in [2.45, 2.75) is 84.3 Å². The van der Waals surface area contributed by atoms with Crippen molar-refractivity contribution in [1.29, 1.82) is 0 Å². The summed E-state index contributed by atoms with van der Waals surface area (Å²) in [5.41, 5.74) is 3.63. The minimum atomic E-state index is -1.92. The summed E-state index contributed by atoms with van der Waals surface area (Å²) in [7, 11) is 0. The van der Waals surface area contributed by atoms with Crippen molar-refractivity contribution in [3.8, 4) is 11.4 Å². The van der Waals surface area contributed by atoms with Crippen LogP contribution in [0.3, 0.4) is 0 Å². The zero-order chi connectivity index (χ0) is 28.7. The molecule has 1 aliphatic carbocycles. The predicted molar refractivity (Wildman–Crippen MR) is 148 cm³/mol. The number of aliphatic hydroxyl groups is 1. The number of pyridine rings is 2. The fourth-order valence-corrected chi connectivity index (χ4v) is 6.29. The largest absolute Gasteiger partial charge is 0.458 e. The van der Waals surface area contributed by atoms with Crippen molar-refractivity contribution in [3.05, 3.63) is 74.0 Å². The van der Waals surface area contributed by atoms with Gasteiger partial charge in [0.15, 0.2) is 5.60 Å². The van der Waals surface area contributed by atoms with E-state index in [1.165, 1.54) is 6.07 Å². The van der Waals surface area contributed by atoms with Crippen LogP contribution in [0, 0.1) is 12.7 Å². The number of aryl methyl sites for hydroxylation is 1. The van der Waals surface area contributed by atoms with E-state index in [9.17, 15) is 14.7 Å². The Hall–Kier alpha value is -3.56. The first-order chi connectivity index (χ1) is 18.8. The lowest BCUT2D eigenvalue weighted by Crippen LogP contribution is -2.44. The van der Waals surface area contributed by atoms with Gasteiger partial charge in [-0.2, -0.15) is 0 Å². The van der Waals surface area contributed by atoms with Crippen molar-refractivity contribution in [2.24, 2.45) is 0 Å². The molecule has 0 bridgehead atoms. The number of ether oxygens (including phenoxy) is 2. The molecule has 0 saturated carbocycles. The lowest BCUT2D eigenvalue weighted by atomic mass is 9.81. The SMILES string of the molecule is C=C(COC(C)(C)C)N[C@H]1CCc2c(C)c(F)cc3nc4c(c1c23)Cn1c-4cc2c(c1=O)COC(=O)[C@]2(O)CC. The molecule has 6 rings (SSSR count). The van der Waals surface area contributed by atoms with Crippen LogP contribution in [-0.4, -0.2) is 32.8 Å². The van der Waals surface area contributed by atoms with Gasteiger partial charge in [0.05, 0.1) is 47.3 Å². The van der Waals surface area contributed by atoms with Crippen LogP contribution in [0.5, 0.6) is 0 Å². The summed E-state index contributed by atoms with van der Waals surface area (Å²) in [6, 6.07) is 2.99. The fraction of sp³-hybridized carbons (Fsp3) is 0.452. The van der Waals surface area contributed by atoms with Gasteiger partial charge < -0.3 is 24.5 Å². The molecule has 0 fully saturated rings. The highest BCUT2D eigenvalue weighted by Gasteiger charge is 2.46. The number of carbonyl (C=O) groups is 1. The summed E-state index contributed by atoms with van der Waals surface area (Å²) in [5.74, 6) is -1.09. The second-order valence-electron chi connectivity index (χ2n) is 12.1. The molecular formula is C31H34FN3O5. The van der Waals surface area contributed by atoms with Crippen LogP contribution < -0.4 is 10.9 Å². The molecule has 4 heterocycles. The second kappa shape index (κ2) is 8.97. The number of benzene rings is 1. The van der Waals surface area contributed by atoms with Gasteiger partial charge in [-0.1, -0.05) is 13.5 Å². The van der Waals surface area contributed by atoms with Crippen molar-refractivity contribution in [1.82, 2.24) is 14.9 Å². The van der Waals surface area contributed by atoms with E-state index in [-0.39, 0.29) is 53.7 Å². The first-order valence-electron chi connectivity index (χ1n) is 13.7. The van der Waals surface area contributed by atoms with Gasteiger partial charge >= 0.3 is 5.97 Å². The van der Waals surface area contributed by atoms with Gasteiger partial charge in [-0.3, -0.25) is 4.79 Å². The van der Waals surface area contributed by atoms with Gasteiger partial charge in [0.25, 0.3) is 5.56 Å². The summed E-state index contributed by atoms with van der Waals surface area (Å²) >= 11 is 0. The molecule has 1 aromatic carbocycles. The quantitative estimate of drug-likeness (QED) is 0.356. The highest BCUT2D eigenvalue weighted by molar-refractivity contribution is 5.93. The summed E-state index contributed by atoms with van der Waals surface area (Å²) in [5, 5.41) is 15.7. The van der Waals surface area contributed by atoms with Crippen molar-refractivity contribution < 1.29 is 23.8 Å². The fourth-order valence-electron chi connectivity index (χ4n) is 6.29. The van der Waals surface area contributed by atoms with E-state index in [2.05, 4.69) is 11.9 Å². The van der Waals surface area contributed by atoms with E-state index >= 15 is 4.39 Å². The van der Waals surface area contributed by atoms with Crippen molar-refractivity contribution in [2.75, 3.05) is 6.61 Å². The lowest BCUT2D eigenvalue weighted by Gasteiger charge is -2.31. The maximum atomic E-state index is 15.1. The van der Waals surface area contributed by atoms with Gasteiger partial charge in [-0.25, -0.2) is 14.2 Å². The molecule has 2 atom stereocenters. The molecule has 2 aliphatic heterocycles. The molecule has 0 spiro atoms. The van der Waals surface area contributed by atoms with E-state index in [0.29, 0.717) is 41.9 Å². The molecule has 2 aromatic heterocycles. The zero-order valence-corrected chi connectivity index (χ0v) is 23.5. The second-order valence-corrected chi connectivity index (χ2v) is 12.1. The summed E-state index contributed by atoms with van der Waals surface area (Å²) in [6.07, 6.45) is 1.43. The van der Waals surface area contributed by atoms with Crippen molar-refractivity contribution in [3.63, 3.8) is 0 Å². The first-order valence-corrected chi connectivity index (χ1v) is 13.7. The maximum absolute atomic E-state index is 15.1. The minimum Gasteiger partial charge on any atom is -0.458 e. The lowest BCUT2D eigenvalue weighted by molar-refractivity contribution is -0.172. The van der Waals surface area contributed by atoms with Crippen LogP contribution in [-0.2, 0) is 39.4 Å². The number of carbonyl (C=O) groups excluding carboxylic acids is 1. The van der Waals surface area contributed by atoms with Crippen LogP contribution in [0.4, 0.5) is 4.39 Å². The van der Waals surface area contributed by atoms with E-state index in [0.717, 1.165) is 27.8 Å². The van der Waals surface area contributed by atoms with Gasteiger partial charge in [0.2, 0.25) is 0 Å². The topological polar surface area (TPSA) is 103 Å². The van der Waals surface area contributed by atoms with Crippen LogP contribution in [0.1, 0.15) is 80.0 Å². The molecule has 3 aliphatic rings. The Morgan fingerprint density at radius 1 is 1.30 bits per heavy atom. The molecule has 0 unspecified atom stereocenters. The van der Waals surface area contributed by atoms with Crippen LogP contribution in [0.25, 0.3) is 22.3 Å². The number of hydrogen-bond donors (Lipinski definition) is 2. The Balaban J connectivity index is 1.55. The number of aromatic nitrogens is 2. The van der Waals surface area contributed by atoms with Crippen molar-refractivity contribution >= 4 is 16.9 Å². The number of cyclic esters (lactones) is 1. The van der Waals surface area contributed by atoms with E-state index in [4.69, 9.17) is 14.5 Å². The number of halogens is 1.